The summed E-state index contributed by atoms with van der Waals surface area (Å²) in [6.07, 6.45) is 2.74. The van der Waals surface area contributed by atoms with Gasteiger partial charge in [-0.05, 0) is 118 Å². The third-order valence-electron chi connectivity index (χ3n) is 7.96. The highest BCUT2D eigenvalue weighted by Gasteiger charge is 2.28. The molecule has 4 aromatic carbocycles. The fraction of sp³-hybridized carbons (Fsp3) is 0.385. The van der Waals surface area contributed by atoms with Crippen molar-refractivity contribution in [3.8, 4) is 11.5 Å². The molecule has 0 aliphatic carbocycles. The van der Waals surface area contributed by atoms with Crippen LogP contribution in [0.15, 0.2) is 97.1 Å². The van der Waals surface area contributed by atoms with Crippen LogP contribution in [0.1, 0.15) is 67.5 Å². The summed E-state index contributed by atoms with van der Waals surface area (Å²) < 4.78 is 12.0. The van der Waals surface area contributed by atoms with E-state index in [-0.39, 0.29) is 11.1 Å². The molecule has 0 atom stereocenters. The normalized spacial score (nSPS) is 11.9. The SMILES string of the molecule is CC(C)(CC(C)(C)NCc1cccc(COc2ccc(CCN)cc2)c1)NCc1ccc(COc2ccc(CCN)cc2)cc1. The summed E-state index contributed by atoms with van der Waals surface area (Å²) >= 11 is 0. The predicted molar refractivity (Wildman–Crippen MR) is 186 cm³/mol. The molecule has 4 rings (SSSR count). The summed E-state index contributed by atoms with van der Waals surface area (Å²) in [5, 5.41) is 7.55. The Balaban J connectivity index is 1.20. The van der Waals surface area contributed by atoms with Gasteiger partial charge < -0.3 is 31.6 Å². The van der Waals surface area contributed by atoms with Crippen LogP contribution in [0.2, 0.25) is 0 Å². The fourth-order valence-electron chi connectivity index (χ4n) is 5.67. The van der Waals surface area contributed by atoms with Crippen LogP contribution in [0, 0.1) is 0 Å². The molecule has 4 aromatic rings. The van der Waals surface area contributed by atoms with E-state index in [1.54, 1.807) is 0 Å². The van der Waals surface area contributed by atoms with Gasteiger partial charge in [-0.2, -0.15) is 0 Å². The van der Waals surface area contributed by atoms with Gasteiger partial charge in [-0.3, -0.25) is 0 Å². The van der Waals surface area contributed by atoms with E-state index in [0.717, 1.165) is 55.0 Å². The summed E-state index contributed by atoms with van der Waals surface area (Å²) in [6.45, 7) is 13.1. The minimum atomic E-state index is -0.0575. The average Bonchev–Trinajstić information content (AvgIpc) is 3.03. The second-order valence-electron chi connectivity index (χ2n) is 13.2. The van der Waals surface area contributed by atoms with Crippen LogP contribution < -0.4 is 31.6 Å². The lowest BCUT2D eigenvalue weighted by Gasteiger charge is -2.37. The summed E-state index contributed by atoms with van der Waals surface area (Å²) in [7, 11) is 0. The Hall–Kier alpha value is -3.68. The minimum Gasteiger partial charge on any atom is -0.489 e. The summed E-state index contributed by atoms with van der Waals surface area (Å²) in [4.78, 5) is 0. The highest BCUT2D eigenvalue weighted by Crippen LogP contribution is 2.22. The van der Waals surface area contributed by atoms with Crippen LogP contribution in [-0.2, 0) is 39.1 Å². The van der Waals surface area contributed by atoms with Gasteiger partial charge in [-0.25, -0.2) is 0 Å². The van der Waals surface area contributed by atoms with Crippen LogP contribution in [0.4, 0.5) is 0 Å². The lowest BCUT2D eigenvalue weighted by atomic mass is 9.86. The number of hydrogen-bond donors (Lipinski definition) is 4. The maximum atomic E-state index is 6.03. The molecule has 0 saturated carbocycles. The molecule has 45 heavy (non-hydrogen) atoms. The van der Waals surface area contributed by atoms with Gasteiger partial charge in [0.1, 0.15) is 24.7 Å². The van der Waals surface area contributed by atoms with Crippen LogP contribution in [-0.4, -0.2) is 24.2 Å². The maximum Gasteiger partial charge on any atom is 0.119 e. The predicted octanol–water partition coefficient (Wildman–Crippen LogP) is 6.67. The zero-order valence-corrected chi connectivity index (χ0v) is 27.6. The molecule has 0 radical (unpaired) electrons. The van der Waals surface area contributed by atoms with Crippen LogP contribution in [0.5, 0.6) is 11.5 Å². The molecule has 0 saturated heterocycles. The van der Waals surface area contributed by atoms with Gasteiger partial charge in [-0.15, -0.1) is 0 Å². The van der Waals surface area contributed by atoms with Crippen molar-refractivity contribution in [2.75, 3.05) is 13.1 Å². The Morgan fingerprint density at radius 1 is 0.511 bits per heavy atom. The van der Waals surface area contributed by atoms with E-state index in [4.69, 9.17) is 20.9 Å². The van der Waals surface area contributed by atoms with E-state index >= 15 is 0 Å². The van der Waals surface area contributed by atoms with Gasteiger partial charge >= 0.3 is 0 Å². The molecule has 0 fully saturated rings. The molecule has 0 bridgehead atoms. The third-order valence-corrected chi connectivity index (χ3v) is 7.96. The van der Waals surface area contributed by atoms with Gasteiger partial charge in [0.2, 0.25) is 0 Å². The Kier molecular flexibility index (Phi) is 12.6. The first kappa shape index (κ1) is 34.2. The summed E-state index contributed by atoms with van der Waals surface area (Å²) in [5.41, 5.74) is 18.5. The first-order chi connectivity index (χ1) is 21.6. The Morgan fingerprint density at radius 3 is 1.44 bits per heavy atom. The second-order valence-corrected chi connectivity index (χ2v) is 13.2. The zero-order chi connectivity index (χ0) is 32.1. The lowest BCUT2D eigenvalue weighted by Crippen LogP contribution is -2.50. The van der Waals surface area contributed by atoms with Crippen molar-refractivity contribution in [2.45, 2.75) is 84.3 Å². The Bertz CT molecular complexity index is 1430. The van der Waals surface area contributed by atoms with Crippen molar-refractivity contribution in [1.82, 2.24) is 10.6 Å². The van der Waals surface area contributed by atoms with Gasteiger partial charge in [0.25, 0.3) is 0 Å². The van der Waals surface area contributed by atoms with Crippen molar-refractivity contribution in [1.29, 1.82) is 0 Å². The third kappa shape index (κ3) is 12.0. The van der Waals surface area contributed by atoms with E-state index in [1.807, 2.05) is 24.3 Å². The van der Waals surface area contributed by atoms with Crippen molar-refractivity contribution >= 4 is 0 Å². The Morgan fingerprint density at radius 2 is 0.933 bits per heavy atom. The fourth-order valence-corrected chi connectivity index (χ4v) is 5.67. The molecule has 240 valence electrons. The van der Waals surface area contributed by atoms with Crippen molar-refractivity contribution in [3.63, 3.8) is 0 Å². The highest BCUT2D eigenvalue weighted by molar-refractivity contribution is 5.30. The van der Waals surface area contributed by atoms with Crippen LogP contribution in [0.25, 0.3) is 0 Å². The highest BCUT2D eigenvalue weighted by atomic mass is 16.5. The number of benzene rings is 4. The molecule has 6 N–H and O–H groups in total. The first-order valence-corrected chi connectivity index (χ1v) is 16.1. The second kappa shape index (κ2) is 16.6. The number of nitrogens with one attached hydrogen (secondary N) is 2. The molecule has 0 unspecified atom stereocenters. The first-order valence-electron chi connectivity index (χ1n) is 16.1. The number of ether oxygens (including phenoxy) is 2. The van der Waals surface area contributed by atoms with Crippen LogP contribution in [0.3, 0.4) is 0 Å². The molecule has 6 heteroatoms. The Labute approximate surface area is 270 Å². The topological polar surface area (TPSA) is 94.6 Å². The van der Waals surface area contributed by atoms with E-state index < -0.39 is 0 Å². The van der Waals surface area contributed by atoms with Gasteiger partial charge in [0.15, 0.2) is 0 Å². The van der Waals surface area contributed by atoms with Crippen molar-refractivity contribution in [3.05, 3.63) is 130 Å². The summed E-state index contributed by atoms with van der Waals surface area (Å²) in [5.74, 6) is 1.75. The smallest absolute Gasteiger partial charge is 0.119 e. The van der Waals surface area contributed by atoms with E-state index in [0.29, 0.717) is 26.3 Å². The average molecular weight is 609 g/mol. The molecule has 0 aliphatic rings. The van der Waals surface area contributed by atoms with Gasteiger partial charge in [0, 0.05) is 24.2 Å². The summed E-state index contributed by atoms with van der Waals surface area (Å²) in [6, 6.07) is 33.7. The quantitative estimate of drug-likeness (QED) is 0.101. The van der Waals surface area contributed by atoms with E-state index in [9.17, 15) is 0 Å². The maximum absolute atomic E-state index is 6.03. The minimum absolute atomic E-state index is 0.0518. The van der Waals surface area contributed by atoms with Crippen molar-refractivity contribution in [2.24, 2.45) is 11.5 Å². The molecule has 0 heterocycles. The van der Waals surface area contributed by atoms with Crippen LogP contribution >= 0.6 is 0 Å². The molecule has 0 amide bonds. The molecule has 0 spiro atoms. The molecule has 0 aliphatic heterocycles. The molecular formula is C39H52N4O2. The monoisotopic (exact) mass is 608 g/mol. The standard InChI is InChI=1S/C39H52N4O2/c1-38(2,42-25-32-8-10-33(11-9-32)27-44-36-16-12-30(13-17-36)20-22-40)29-39(3,4)43-26-34-6-5-7-35(24-34)28-45-37-18-14-31(15-19-37)21-23-41/h5-19,24,42-43H,20-23,25-29,40-41H2,1-4H3. The van der Waals surface area contributed by atoms with Gasteiger partial charge in [0.05, 0.1) is 0 Å². The van der Waals surface area contributed by atoms with E-state index in [2.05, 4.69) is 111 Å². The molecule has 0 aromatic heterocycles. The number of nitrogens with two attached hydrogens (primary N) is 2. The van der Waals surface area contributed by atoms with E-state index in [1.165, 1.54) is 22.3 Å². The largest absolute Gasteiger partial charge is 0.489 e. The number of rotatable bonds is 18. The lowest BCUT2D eigenvalue weighted by molar-refractivity contribution is 0.246. The van der Waals surface area contributed by atoms with Crippen molar-refractivity contribution < 1.29 is 9.47 Å². The molecule has 6 nitrogen and oxygen atoms in total. The molecular weight excluding hydrogens is 556 g/mol. The zero-order valence-electron chi connectivity index (χ0n) is 27.6. The number of hydrogen-bond acceptors (Lipinski definition) is 6. The van der Waals surface area contributed by atoms with Gasteiger partial charge in [-0.1, -0.05) is 72.8 Å².